The molecule has 0 bridgehead atoms. The summed E-state index contributed by atoms with van der Waals surface area (Å²) in [6.45, 7) is 3.88. The molecule has 3 rings (SSSR count). The standard InChI is InChI=1S/C19H18BrN5O2S/c1-12-3-9-16(10-4-12)25-13(2)21-24-19(25)28-11-17(26)22-23-18(27)14-5-7-15(20)8-6-14/h3-10H,11H2,1-2H3,(H,22,26)(H,23,27). The van der Waals surface area contributed by atoms with Crippen LogP contribution in [0.2, 0.25) is 0 Å². The van der Waals surface area contributed by atoms with Gasteiger partial charge in [-0.15, -0.1) is 10.2 Å². The highest BCUT2D eigenvalue weighted by atomic mass is 79.9. The fraction of sp³-hybridized carbons (Fsp3) is 0.158. The number of nitrogens with zero attached hydrogens (tertiary/aromatic N) is 3. The molecule has 1 heterocycles. The highest BCUT2D eigenvalue weighted by molar-refractivity contribution is 9.10. The van der Waals surface area contributed by atoms with Gasteiger partial charge in [-0.2, -0.15) is 0 Å². The number of amides is 2. The predicted molar refractivity (Wildman–Crippen MR) is 111 cm³/mol. The summed E-state index contributed by atoms with van der Waals surface area (Å²) in [5.74, 6) is 0.0938. The molecule has 0 aliphatic rings. The van der Waals surface area contributed by atoms with Crippen molar-refractivity contribution in [2.75, 3.05) is 5.75 Å². The maximum Gasteiger partial charge on any atom is 0.269 e. The topological polar surface area (TPSA) is 88.9 Å². The van der Waals surface area contributed by atoms with Gasteiger partial charge < -0.3 is 0 Å². The van der Waals surface area contributed by atoms with Gasteiger partial charge in [0.15, 0.2) is 5.16 Å². The Hall–Kier alpha value is -2.65. The van der Waals surface area contributed by atoms with Crippen molar-refractivity contribution in [2.24, 2.45) is 0 Å². The van der Waals surface area contributed by atoms with Crippen molar-refractivity contribution >= 4 is 39.5 Å². The van der Waals surface area contributed by atoms with Crippen molar-refractivity contribution in [3.63, 3.8) is 0 Å². The number of aryl methyl sites for hydroxylation is 2. The van der Waals surface area contributed by atoms with Gasteiger partial charge in [-0.05, 0) is 50.2 Å². The molecular weight excluding hydrogens is 442 g/mol. The van der Waals surface area contributed by atoms with Gasteiger partial charge in [0.25, 0.3) is 5.91 Å². The summed E-state index contributed by atoms with van der Waals surface area (Å²) in [6, 6.07) is 14.8. The maximum absolute atomic E-state index is 12.1. The normalized spacial score (nSPS) is 10.5. The van der Waals surface area contributed by atoms with E-state index < -0.39 is 0 Å². The molecule has 0 fully saturated rings. The van der Waals surface area contributed by atoms with E-state index >= 15 is 0 Å². The number of hydrogen-bond donors (Lipinski definition) is 2. The summed E-state index contributed by atoms with van der Waals surface area (Å²) in [7, 11) is 0. The van der Waals surface area contributed by atoms with E-state index in [9.17, 15) is 9.59 Å². The third-order valence-electron chi connectivity index (χ3n) is 3.84. The van der Waals surface area contributed by atoms with Crippen LogP contribution in [0.5, 0.6) is 0 Å². The second kappa shape index (κ2) is 9.03. The molecule has 0 saturated carbocycles. The van der Waals surface area contributed by atoms with Crippen molar-refractivity contribution in [3.8, 4) is 5.69 Å². The lowest BCUT2D eigenvalue weighted by molar-refractivity contribution is -0.119. The van der Waals surface area contributed by atoms with Gasteiger partial charge in [-0.25, -0.2) is 0 Å². The van der Waals surface area contributed by atoms with Crippen LogP contribution in [0.25, 0.3) is 5.69 Å². The first-order chi connectivity index (χ1) is 13.4. The second-order valence-electron chi connectivity index (χ2n) is 6.00. The Bertz CT molecular complexity index is 987. The molecule has 2 aromatic carbocycles. The molecule has 0 saturated heterocycles. The monoisotopic (exact) mass is 459 g/mol. The highest BCUT2D eigenvalue weighted by Crippen LogP contribution is 2.21. The Balaban J connectivity index is 1.57. The minimum absolute atomic E-state index is 0.0879. The van der Waals surface area contributed by atoms with Gasteiger partial charge in [-0.3, -0.25) is 25.0 Å². The number of benzene rings is 2. The molecule has 0 unspecified atom stereocenters. The van der Waals surface area contributed by atoms with Crippen LogP contribution < -0.4 is 10.9 Å². The van der Waals surface area contributed by atoms with E-state index in [0.29, 0.717) is 10.7 Å². The molecule has 144 valence electrons. The van der Waals surface area contributed by atoms with Gasteiger partial charge in [0.2, 0.25) is 5.91 Å². The van der Waals surface area contributed by atoms with E-state index in [-0.39, 0.29) is 17.6 Å². The fourth-order valence-corrected chi connectivity index (χ4v) is 3.46. The smallest absolute Gasteiger partial charge is 0.269 e. The Morgan fingerprint density at radius 3 is 2.36 bits per heavy atom. The average Bonchev–Trinajstić information content (AvgIpc) is 3.06. The lowest BCUT2D eigenvalue weighted by atomic mass is 10.2. The maximum atomic E-state index is 12.1. The number of aromatic nitrogens is 3. The largest absolute Gasteiger partial charge is 0.274 e. The fourth-order valence-electron chi connectivity index (χ4n) is 2.39. The molecule has 2 N–H and O–H groups in total. The number of carbonyl (C=O) groups is 2. The summed E-state index contributed by atoms with van der Waals surface area (Å²) in [5, 5.41) is 8.85. The van der Waals surface area contributed by atoms with E-state index in [4.69, 9.17) is 0 Å². The van der Waals surface area contributed by atoms with Crippen LogP contribution in [0.15, 0.2) is 58.2 Å². The Morgan fingerprint density at radius 1 is 1.00 bits per heavy atom. The molecule has 1 aromatic heterocycles. The molecule has 9 heteroatoms. The number of carbonyl (C=O) groups excluding carboxylic acids is 2. The molecule has 0 aliphatic carbocycles. The molecule has 0 aliphatic heterocycles. The van der Waals surface area contributed by atoms with Crippen LogP contribution in [0, 0.1) is 13.8 Å². The molecule has 7 nitrogen and oxygen atoms in total. The summed E-state index contributed by atoms with van der Waals surface area (Å²) in [6.07, 6.45) is 0. The van der Waals surface area contributed by atoms with Crippen molar-refractivity contribution in [1.29, 1.82) is 0 Å². The van der Waals surface area contributed by atoms with Crippen LogP contribution in [0.1, 0.15) is 21.7 Å². The van der Waals surface area contributed by atoms with Crippen LogP contribution in [0.4, 0.5) is 0 Å². The number of nitrogens with one attached hydrogen (secondary N) is 2. The number of hydrogen-bond acceptors (Lipinski definition) is 5. The highest BCUT2D eigenvalue weighted by Gasteiger charge is 2.14. The van der Waals surface area contributed by atoms with Crippen LogP contribution in [-0.4, -0.2) is 32.3 Å². The van der Waals surface area contributed by atoms with Crippen LogP contribution >= 0.6 is 27.7 Å². The molecule has 0 spiro atoms. The predicted octanol–water partition coefficient (Wildman–Crippen LogP) is 3.20. The average molecular weight is 460 g/mol. The van der Waals surface area contributed by atoms with Crippen molar-refractivity contribution in [1.82, 2.24) is 25.6 Å². The molecule has 2 amide bonds. The van der Waals surface area contributed by atoms with E-state index in [1.165, 1.54) is 11.8 Å². The van der Waals surface area contributed by atoms with Gasteiger partial charge in [0, 0.05) is 15.7 Å². The summed E-state index contributed by atoms with van der Waals surface area (Å²) in [5.41, 5.74) is 7.35. The van der Waals surface area contributed by atoms with E-state index in [0.717, 1.165) is 21.5 Å². The van der Waals surface area contributed by atoms with Gasteiger partial charge in [0.1, 0.15) is 5.82 Å². The Kier molecular flexibility index (Phi) is 6.48. The minimum atomic E-state index is -0.385. The number of thioether (sulfide) groups is 1. The quantitative estimate of drug-likeness (QED) is 0.451. The summed E-state index contributed by atoms with van der Waals surface area (Å²) >= 11 is 4.55. The number of rotatable bonds is 5. The SMILES string of the molecule is Cc1ccc(-n2c(C)nnc2SCC(=O)NNC(=O)c2ccc(Br)cc2)cc1. The van der Waals surface area contributed by atoms with Crippen molar-refractivity contribution < 1.29 is 9.59 Å². The van der Waals surface area contributed by atoms with Crippen LogP contribution in [-0.2, 0) is 4.79 Å². The van der Waals surface area contributed by atoms with Crippen molar-refractivity contribution in [2.45, 2.75) is 19.0 Å². The molecule has 3 aromatic rings. The van der Waals surface area contributed by atoms with Crippen LogP contribution in [0.3, 0.4) is 0 Å². The third-order valence-corrected chi connectivity index (χ3v) is 5.30. The molecular formula is C19H18BrN5O2S. The minimum Gasteiger partial charge on any atom is -0.274 e. The first-order valence-corrected chi connectivity index (χ1v) is 10.2. The van der Waals surface area contributed by atoms with Gasteiger partial charge >= 0.3 is 0 Å². The molecule has 28 heavy (non-hydrogen) atoms. The Labute approximate surface area is 175 Å². The van der Waals surface area contributed by atoms with E-state index in [1.54, 1.807) is 24.3 Å². The van der Waals surface area contributed by atoms with E-state index in [1.807, 2.05) is 42.7 Å². The molecule has 0 atom stereocenters. The number of hydrazine groups is 1. The summed E-state index contributed by atoms with van der Waals surface area (Å²) < 4.78 is 2.76. The third kappa shape index (κ3) is 4.99. The van der Waals surface area contributed by atoms with Gasteiger partial charge in [-0.1, -0.05) is 45.4 Å². The zero-order valence-electron chi connectivity index (χ0n) is 15.3. The zero-order valence-corrected chi connectivity index (χ0v) is 17.7. The summed E-state index contributed by atoms with van der Waals surface area (Å²) in [4.78, 5) is 24.1. The zero-order chi connectivity index (χ0) is 20.1. The van der Waals surface area contributed by atoms with Gasteiger partial charge in [0.05, 0.1) is 5.75 Å². The first kappa shape index (κ1) is 20.1. The lowest BCUT2D eigenvalue weighted by Crippen LogP contribution is -2.42. The first-order valence-electron chi connectivity index (χ1n) is 8.40. The Morgan fingerprint density at radius 2 is 1.68 bits per heavy atom. The number of halogens is 1. The van der Waals surface area contributed by atoms with E-state index in [2.05, 4.69) is 37.0 Å². The second-order valence-corrected chi connectivity index (χ2v) is 7.86. The molecule has 0 radical (unpaired) electrons. The lowest BCUT2D eigenvalue weighted by Gasteiger charge is -2.09. The van der Waals surface area contributed by atoms with Crippen molar-refractivity contribution in [3.05, 3.63) is 70.0 Å².